The second kappa shape index (κ2) is 14.5. The fraction of sp³-hybridized carbons (Fsp3) is 0.290. The fourth-order valence-electron chi connectivity index (χ4n) is 5.09. The molecule has 0 aliphatic carbocycles. The van der Waals surface area contributed by atoms with Crippen LogP contribution in [0.3, 0.4) is 0 Å². The summed E-state index contributed by atoms with van der Waals surface area (Å²) in [6, 6.07) is 8.76. The van der Waals surface area contributed by atoms with E-state index in [1.54, 1.807) is 26.4 Å². The summed E-state index contributed by atoms with van der Waals surface area (Å²) in [4.78, 5) is 29.2. The van der Waals surface area contributed by atoms with E-state index in [2.05, 4.69) is 10.8 Å². The molecule has 2 aromatic rings. The lowest BCUT2D eigenvalue weighted by atomic mass is 9.87. The molecule has 2 aliphatic rings. The van der Waals surface area contributed by atoms with Crippen LogP contribution in [0.1, 0.15) is 41.6 Å². The van der Waals surface area contributed by atoms with E-state index in [4.69, 9.17) is 15.9 Å². The van der Waals surface area contributed by atoms with E-state index in [1.807, 2.05) is 24.6 Å². The van der Waals surface area contributed by atoms with Gasteiger partial charge >= 0.3 is 18.2 Å². The van der Waals surface area contributed by atoms with Gasteiger partial charge in [-0.15, -0.1) is 0 Å². The SMILES string of the molecule is COC.COC(=O)C1=C(C)N(c2cccc(C(F)(F)F)c2)C(=N)N(C(N)=O)[C@@H]1c1ccc(C#N)cc1CCC[NH+]1C=CC=C1. The number of amides is 2. The van der Waals surface area contributed by atoms with Gasteiger partial charge in [0.25, 0.3) is 0 Å². The van der Waals surface area contributed by atoms with Crippen LogP contribution in [0.2, 0.25) is 0 Å². The molecule has 0 bridgehead atoms. The first-order valence-electron chi connectivity index (χ1n) is 13.5. The quantitative estimate of drug-likeness (QED) is 0.405. The first-order valence-corrected chi connectivity index (χ1v) is 13.5. The van der Waals surface area contributed by atoms with Gasteiger partial charge in [-0.05, 0) is 67.0 Å². The number of primary amides is 1. The third kappa shape index (κ3) is 7.34. The van der Waals surface area contributed by atoms with Crippen LogP contribution in [0.4, 0.5) is 23.7 Å². The first-order chi connectivity index (χ1) is 20.9. The number of esters is 1. The molecule has 4 N–H and O–H groups in total. The van der Waals surface area contributed by atoms with Crippen molar-refractivity contribution in [1.29, 1.82) is 10.7 Å². The predicted molar refractivity (Wildman–Crippen MR) is 157 cm³/mol. The van der Waals surface area contributed by atoms with E-state index < -0.39 is 35.7 Å². The first kappa shape index (κ1) is 33.6. The number of quaternary nitrogens is 1. The third-order valence-corrected chi connectivity index (χ3v) is 6.98. The summed E-state index contributed by atoms with van der Waals surface area (Å²) in [7, 11) is 4.39. The second-order valence-corrected chi connectivity index (χ2v) is 9.89. The number of carbonyl (C=O) groups is 2. The van der Waals surface area contributed by atoms with Gasteiger partial charge in [-0.1, -0.05) is 12.1 Å². The minimum absolute atomic E-state index is 0.0818. The van der Waals surface area contributed by atoms with Gasteiger partial charge < -0.3 is 15.2 Å². The zero-order chi connectivity index (χ0) is 32.6. The number of benzene rings is 2. The van der Waals surface area contributed by atoms with Gasteiger partial charge in [-0.25, -0.2) is 9.59 Å². The average Bonchev–Trinajstić information content (AvgIpc) is 3.50. The highest BCUT2D eigenvalue weighted by Gasteiger charge is 2.44. The van der Waals surface area contributed by atoms with Crippen molar-refractivity contribution in [3.05, 3.63) is 101 Å². The second-order valence-electron chi connectivity index (χ2n) is 9.89. The van der Waals surface area contributed by atoms with E-state index >= 15 is 0 Å². The Morgan fingerprint density at radius 2 is 1.77 bits per heavy atom. The number of hydrogen-bond acceptors (Lipinski definition) is 6. The maximum absolute atomic E-state index is 13.5. The number of nitrogens with one attached hydrogen (secondary N) is 2. The van der Waals surface area contributed by atoms with Crippen LogP contribution < -0.4 is 15.5 Å². The molecular formula is C31H34F3N6O4+. The van der Waals surface area contributed by atoms with Crippen LogP contribution in [-0.4, -0.2) is 50.7 Å². The molecule has 2 amide bonds. The Morgan fingerprint density at radius 3 is 2.34 bits per heavy atom. The Balaban J connectivity index is 0.00000169. The fourth-order valence-corrected chi connectivity index (χ4v) is 5.09. The van der Waals surface area contributed by atoms with Crippen molar-refractivity contribution < 1.29 is 37.1 Å². The summed E-state index contributed by atoms with van der Waals surface area (Å²) in [5.74, 6) is -1.39. The van der Waals surface area contributed by atoms with E-state index in [0.29, 0.717) is 29.5 Å². The normalized spacial score (nSPS) is 16.5. The Labute approximate surface area is 253 Å². The number of aryl methyl sites for hydroxylation is 1. The number of urea groups is 1. The lowest BCUT2D eigenvalue weighted by Gasteiger charge is -2.43. The largest absolute Gasteiger partial charge is 0.466 e. The van der Waals surface area contributed by atoms with E-state index in [1.165, 1.54) is 25.1 Å². The van der Waals surface area contributed by atoms with Crippen molar-refractivity contribution in [3.63, 3.8) is 0 Å². The molecule has 44 heavy (non-hydrogen) atoms. The Morgan fingerprint density at radius 1 is 1.11 bits per heavy atom. The van der Waals surface area contributed by atoms with Gasteiger partial charge in [0, 0.05) is 32.0 Å². The van der Waals surface area contributed by atoms with Crippen LogP contribution in [0, 0.1) is 16.7 Å². The topological polar surface area (TPSA) is 137 Å². The summed E-state index contributed by atoms with van der Waals surface area (Å²) in [5, 5.41) is 18.5. The summed E-state index contributed by atoms with van der Waals surface area (Å²) >= 11 is 0. The van der Waals surface area contributed by atoms with Crippen molar-refractivity contribution in [2.75, 3.05) is 32.8 Å². The smallest absolute Gasteiger partial charge is 0.416 e. The zero-order valence-corrected chi connectivity index (χ0v) is 24.7. The number of rotatable bonds is 7. The van der Waals surface area contributed by atoms with Crippen molar-refractivity contribution >= 4 is 23.6 Å². The number of allylic oxidation sites excluding steroid dienone is 3. The molecule has 2 aliphatic heterocycles. The molecule has 4 rings (SSSR count). The van der Waals surface area contributed by atoms with E-state index in [9.17, 15) is 28.0 Å². The molecule has 10 nitrogen and oxygen atoms in total. The monoisotopic (exact) mass is 611 g/mol. The number of carbonyl (C=O) groups excluding carboxylic acids is 2. The van der Waals surface area contributed by atoms with Crippen LogP contribution >= 0.6 is 0 Å². The molecule has 0 fully saturated rings. The molecule has 2 heterocycles. The molecule has 0 saturated heterocycles. The van der Waals surface area contributed by atoms with Gasteiger partial charge in [-0.2, -0.15) is 18.4 Å². The number of anilines is 1. The highest BCUT2D eigenvalue weighted by atomic mass is 19.4. The highest BCUT2D eigenvalue weighted by molar-refractivity contribution is 6.10. The Hall–Kier alpha value is -4.93. The molecule has 232 valence electrons. The van der Waals surface area contributed by atoms with Gasteiger partial charge in [0.05, 0.1) is 48.8 Å². The number of halogens is 3. The standard InChI is InChI=1S/C29H27F3N6O3.C2H6O/c1-18-24(26(39)41-2)25(23-11-10-19(17-33)15-20(23)7-6-14-36-12-3-4-13-36)38(28(35)40)27(34)37(18)22-9-5-8-21(16-22)29(30,31)32;1-3-2/h3-5,8-13,15-16,25,34H,6-7,14H2,1-2H3,(H2,35,40);1-2H3/p+1/t25-;/m1./s1. The zero-order valence-electron chi connectivity index (χ0n) is 24.7. The lowest BCUT2D eigenvalue weighted by Crippen LogP contribution is -3.01. The Kier molecular flexibility index (Phi) is 11.1. The van der Waals surface area contributed by atoms with Gasteiger partial charge in [0.1, 0.15) is 6.04 Å². The van der Waals surface area contributed by atoms with Crippen LogP contribution in [0.15, 0.2) is 78.3 Å². The van der Waals surface area contributed by atoms with E-state index in [-0.39, 0.29) is 17.0 Å². The molecular weight excluding hydrogens is 577 g/mol. The van der Waals surface area contributed by atoms with Crippen molar-refractivity contribution in [1.82, 2.24) is 4.90 Å². The summed E-state index contributed by atoms with van der Waals surface area (Å²) in [5.41, 5.74) is 6.16. The number of nitrogens with two attached hydrogens (primary N) is 1. The summed E-state index contributed by atoms with van der Waals surface area (Å²) in [6.07, 6.45) is 4.34. The average molecular weight is 612 g/mol. The number of nitrogens with zero attached hydrogens (tertiary/aromatic N) is 3. The summed E-state index contributed by atoms with van der Waals surface area (Å²) < 4.78 is 49.8. The minimum atomic E-state index is -4.66. The van der Waals surface area contributed by atoms with Gasteiger partial charge in [0.15, 0.2) is 0 Å². The summed E-state index contributed by atoms with van der Waals surface area (Å²) in [6.45, 7) is 2.20. The number of nitriles is 1. The van der Waals surface area contributed by atoms with Crippen molar-refractivity contribution in [2.24, 2.45) is 5.73 Å². The molecule has 0 radical (unpaired) electrons. The number of alkyl halides is 3. The van der Waals surface area contributed by atoms with Crippen LogP contribution in [0.25, 0.3) is 0 Å². The number of methoxy groups -OCH3 is 2. The number of guanidine groups is 1. The Bertz CT molecular complexity index is 1530. The highest BCUT2D eigenvalue weighted by Crippen LogP contribution is 2.42. The molecule has 13 heteroatoms. The maximum atomic E-state index is 13.5. The van der Waals surface area contributed by atoms with Crippen molar-refractivity contribution in [3.8, 4) is 6.07 Å². The van der Waals surface area contributed by atoms with Crippen LogP contribution in [-0.2, 0) is 26.9 Å². The predicted octanol–water partition coefficient (Wildman–Crippen LogP) is 4.02. The number of ether oxygens (including phenoxy) is 2. The lowest BCUT2D eigenvalue weighted by molar-refractivity contribution is -0.787. The van der Waals surface area contributed by atoms with Gasteiger partial charge in [-0.3, -0.25) is 20.1 Å². The molecule has 2 aromatic carbocycles. The molecule has 1 atom stereocenters. The number of hydrogen-bond donors (Lipinski definition) is 3. The molecule has 0 unspecified atom stereocenters. The molecule has 0 aromatic heterocycles. The van der Waals surface area contributed by atoms with Crippen molar-refractivity contribution in [2.45, 2.75) is 32.0 Å². The van der Waals surface area contributed by atoms with Crippen LogP contribution in [0.5, 0.6) is 0 Å². The minimum Gasteiger partial charge on any atom is -0.466 e. The van der Waals surface area contributed by atoms with Gasteiger partial charge in [0.2, 0.25) is 5.96 Å². The molecule has 0 saturated carbocycles. The van der Waals surface area contributed by atoms with E-state index in [0.717, 1.165) is 40.5 Å². The maximum Gasteiger partial charge on any atom is 0.416 e. The molecule has 0 spiro atoms. The third-order valence-electron chi connectivity index (χ3n) is 6.98.